The van der Waals surface area contributed by atoms with Crippen molar-refractivity contribution in [2.45, 2.75) is 13.8 Å². The van der Waals surface area contributed by atoms with Gasteiger partial charge < -0.3 is 14.8 Å². The quantitative estimate of drug-likeness (QED) is 0.664. The molecule has 0 spiro atoms. The van der Waals surface area contributed by atoms with Gasteiger partial charge in [-0.25, -0.2) is 9.59 Å². The SMILES string of the molecule is CCOC(=O)c1c(NC(=O)CCl)sc(C(=O)OC)c1C. The van der Waals surface area contributed by atoms with E-state index in [1.807, 2.05) is 0 Å². The van der Waals surface area contributed by atoms with Gasteiger partial charge in [-0.15, -0.1) is 22.9 Å². The number of carbonyl (C=O) groups excluding carboxylic acids is 3. The number of hydrogen-bond donors (Lipinski definition) is 1. The molecule has 6 nitrogen and oxygen atoms in total. The van der Waals surface area contributed by atoms with Gasteiger partial charge in [0, 0.05) is 0 Å². The van der Waals surface area contributed by atoms with Crippen molar-refractivity contribution in [3.8, 4) is 0 Å². The fourth-order valence-electron chi connectivity index (χ4n) is 1.50. The Morgan fingerprint density at radius 1 is 1.30 bits per heavy atom. The standard InChI is InChI=1S/C12H14ClNO5S/c1-4-19-11(16)8-6(2)9(12(17)18-3)20-10(8)14-7(15)5-13/h4-5H2,1-3H3,(H,14,15). The predicted molar refractivity (Wildman–Crippen MR) is 75.7 cm³/mol. The molecule has 1 heterocycles. The highest BCUT2D eigenvalue weighted by Gasteiger charge is 2.26. The Balaban J connectivity index is 3.28. The van der Waals surface area contributed by atoms with E-state index < -0.39 is 17.8 Å². The van der Waals surface area contributed by atoms with Crippen molar-refractivity contribution in [1.29, 1.82) is 0 Å². The molecule has 20 heavy (non-hydrogen) atoms. The van der Waals surface area contributed by atoms with E-state index >= 15 is 0 Å². The zero-order valence-electron chi connectivity index (χ0n) is 11.2. The van der Waals surface area contributed by atoms with Crippen molar-refractivity contribution in [2.24, 2.45) is 0 Å². The summed E-state index contributed by atoms with van der Waals surface area (Å²) in [5.41, 5.74) is 0.556. The zero-order chi connectivity index (χ0) is 15.3. The van der Waals surface area contributed by atoms with Gasteiger partial charge in [0.25, 0.3) is 0 Å². The van der Waals surface area contributed by atoms with Gasteiger partial charge in [-0.2, -0.15) is 0 Å². The number of amides is 1. The summed E-state index contributed by atoms with van der Waals surface area (Å²) in [6.45, 7) is 3.44. The second-order valence-electron chi connectivity index (χ2n) is 3.65. The van der Waals surface area contributed by atoms with E-state index in [9.17, 15) is 14.4 Å². The number of methoxy groups -OCH3 is 1. The van der Waals surface area contributed by atoms with Crippen LogP contribution in [0.3, 0.4) is 0 Å². The molecule has 1 aromatic heterocycles. The second-order valence-corrected chi connectivity index (χ2v) is 4.94. The normalized spacial score (nSPS) is 10.0. The summed E-state index contributed by atoms with van der Waals surface area (Å²) in [7, 11) is 1.24. The minimum Gasteiger partial charge on any atom is -0.465 e. The molecule has 0 aliphatic carbocycles. The number of hydrogen-bond acceptors (Lipinski definition) is 6. The molecule has 1 aromatic rings. The fraction of sp³-hybridized carbons (Fsp3) is 0.417. The van der Waals surface area contributed by atoms with Crippen LogP contribution in [0, 0.1) is 6.92 Å². The number of alkyl halides is 1. The van der Waals surface area contributed by atoms with Gasteiger partial charge in [-0.05, 0) is 19.4 Å². The predicted octanol–water partition coefficient (Wildman–Crippen LogP) is 2.20. The topological polar surface area (TPSA) is 81.7 Å². The van der Waals surface area contributed by atoms with Crippen molar-refractivity contribution in [3.05, 3.63) is 16.0 Å². The molecular formula is C12H14ClNO5S. The van der Waals surface area contributed by atoms with E-state index in [1.54, 1.807) is 13.8 Å². The van der Waals surface area contributed by atoms with Crippen molar-refractivity contribution < 1.29 is 23.9 Å². The van der Waals surface area contributed by atoms with E-state index in [0.717, 1.165) is 11.3 Å². The van der Waals surface area contributed by atoms with Crippen molar-refractivity contribution in [1.82, 2.24) is 0 Å². The number of thiophene rings is 1. The minimum atomic E-state index is -0.610. The van der Waals surface area contributed by atoms with E-state index in [1.165, 1.54) is 7.11 Å². The molecule has 0 bridgehead atoms. The molecular weight excluding hydrogens is 306 g/mol. The molecule has 0 unspecified atom stereocenters. The molecule has 8 heteroatoms. The lowest BCUT2D eigenvalue weighted by atomic mass is 10.1. The maximum absolute atomic E-state index is 11.9. The number of nitrogens with one attached hydrogen (secondary N) is 1. The van der Waals surface area contributed by atoms with Gasteiger partial charge in [0.05, 0.1) is 19.3 Å². The lowest BCUT2D eigenvalue weighted by Gasteiger charge is -2.05. The molecule has 1 amide bonds. The van der Waals surface area contributed by atoms with Crippen molar-refractivity contribution >= 4 is 45.8 Å². The van der Waals surface area contributed by atoms with Crippen LogP contribution in [-0.2, 0) is 14.3 Å². The highest BCUT2D eigenvalue weighted by Crippen LogP contribution is 2.34. The maximum atomic E-state index is 11.9. The summed E-state index contributed by atoms with van der Waals surface area (Å²) in [5, 5.41) is 2.71. The Morgan fingerprint density at radius 3 is 2.45 bits per heavy atom. The first-order valence-corrected chi connectivity index (χ1v) is 7.05. The third-order valence-corrected chi connectivity index (χ3v) is 3.80. The zero-order valence-corrected chi connectivity index (χ0v) is 12.8. The Kier molecular flexibility index (Phi) is 5.97. The van der Waals surface area contributed by atoms with Crippen LogP contribution in [0.5, 0.6) is 0 Å². The third-order valence-electron chi connectivity index (χ3n) is 2.37. The lowest BCUT2D eigenvalue weighted by Crippen LogP contribution is -2.15. The van der Waals surface area contributed by atoms with Gasteiger partial charge in [-0.3, -0.25) is 4.79 Å². The van der Waals surface area contributed by atoms with Gasteiger partial charge in [-0.1, -0.05) is 0 Å². The molecule has 0 aliphatic heterocycles. The number of anilines is 1. The first-order chi connectivity index (χ1) is 9.46. The summed E-state index contributed by atoms with van der Waals surface area (Å²) < 4.78 is 9.56. The molecule has 0 fully saturated rings. The van der Waals surface area contributed by atoms with Gasteiger partial charge >= 0.3 is 11.9 Å². The van der Waals surface area contributed by atoms with Crippen molar-refractivity contribution in [3.63, 3.8) is 0 Å². The van der Waals surface area contributed by atoms with Crippen LogP contribution in [0.4, 0.5) is 5.00 Å². The molecule has 0 atom stereocenters. The summed E-state index contributed by atoms with van der Waals surface area (Å²) >= 11 is 6.37. The lowest BCUT2D eigenvalue weighted by molar-refractivity contribution is -0.113. The monoisotopic (exact) mass is 319 g/mol. The summed E-state index contributed by atoms with van der Waals surface area (Å²) in [4.78, 5) is 35.2. The van der Waals surface area contributed by atoms with Crippen LogP contribution in [0.1, 0.15) is 32.5 Å². The Hall–Kier alpha value is -1.60. The van der Waals surface area contributed by atoms with Crippen LogP contribution >= 0.6 is 22.9 Å². The first-order valence-electron chi connectivity index (χ1n) is 5.70. The molecule has 0 aromatic carbocycles. The average Bonchev–Trinajstić information content (AvgIpc) is 2.74. The number of rotatable bonds is 5. The summed E-state index contributed by atoms with van der Waals surface area (Å²) in [6, 6.07) is 0. The summed E-state index contributed by atoms with van der Waals surface area (Å²) in [5.74, 6) is -1.92. The Morgan fingerprint density at radius 2 is 1.95 bits per heavy atom. The number of carbonyl (C=O) groups is 3. The van der Waals surface area contributed by atoms with Gasteiger partial charge in [0.1, 0.15) is 15.8 Å². The average molecular weight is 320 g/mol. The largest absolute Gasteiger partial charge is 0.465 e. The van der Waals surface area contributed by atoms with E-state index in [0.29, 0.717) is 5.56 Å². The number of ether oxygens (including phenoxy) is 2. The van der Waals surface area contributed by atoms with Crippen LogP contribution < -0.4 is 5.32 Å². The molecule has 1 rings (SSSR count). The molecule has 1 N–H and O–H groups in total. The molecule has 110 valence electrons. The second kappa shape index (κ2) is 7.25. The van der Waals surface area contributed by atoms with Crippen LogP contribution in [0.15, 0.2) is 0 Å². The van der Waals surface area contributed by atoms with Crippen LogP contribution in [-0.4, -0.2) is 37.4 Å². The minimum absolute atomic E-state index is 0.149. The number of esters is 2. The highest BCUT2D eigenvalue weighted by atomic mass is 35.5. The Bertz CT molecular complexity index is 540. The molecule has 0 saturated carbocycles. The number of halogens is 1. The van der Waals surface area contributed by atoms with Gasteiger partial charge in [0.15, 0.2) is 0 Å². The maximum Gasteiger partial charge on any atom is 0.348 e. The van der Waals surface area contributed by atoms with E-state index in [2.05, 4.69) is 10.1 Å². The Labute approximate surface area is 125 Å². The highest BCUT2D eigenvalue weighted by molar-refractivity contribution is 7.18. The fourth-order valence-corrected chi connectivity index (χ4v) is 2.69. The van der Waals surface area contributed by atoms with Gasteiger partial charge in [0.2, 0.25) is 5.91 Å². The molecule has 0 saturated heterocycles. The first kappa shape index (κ1) is 16.5. The smallest absolute Gasteiger partial charge is 0.348 e. The molecule has 0 radical (unpaired) electrons. The third kappa shape index (κ3) is 3.49. The van der Waals surface area contributed by atoms with Crippen LogP contribution in [0.2, 0.25) is 0 Å². The van der Waals surface area contributed by atoms with E-state index in [-0.39, 0.29) is 27.9 Å². The van der Waals surface area contributed by atoms with Crippen molar-refractivity contribution in [2.75, 3.05) is 24.9 Å². The summed E-state index contributed by atoms with van der Waals surface area (Å²) in [6.07, 6.45) is 0. The van der Waals surface area contributed by atoms with Crippen LogP contribution in [0.25, 0.3) is 0 Å². The molecule has 0 aliphatic rings. The van der Waals surface area contributed by atoms with E-state index in [4.69, 9.17) is 16.3 Å².